The van der Waals surface area contributed by atoms with Crippen LogP contribution >= 0.6 is 0 Å². The highest BCUT2D eigenvalue weighted by Gasteiger charge is 2.18. The van der Waals surface area contributed by atoms with Crippen molar-refractivity contribution in [2.45, 2.75) is 40.2 Å². The van der Waals surface area contributed by atoms with E-state index in [1.54, 1.807) is 6.92 Å². The molecule has 0 aromatic heterocycles. The van der Waals surface area contributed by atoms with Gasteiger partial charge < -0.3 is 5.32 Å². The quantitative estimate of drug-likeness (QED) is 0.640. The van der Waals surface area contributed by atoms with Crippen molar-refractivity contribution < 1.29 is 9.31 Å². The molecule has 0 heterocycles. The molecule has 100 valence electrons. The van der Waals surface area contributed by atoms with E-state index in [0.29, 0.717) is 17.2 Å². The van der Waals surface area contributed by atoms with E-state index in [1.165, 1.54) is 6.07 Å². The van der Waals surface area contributed by atoms with Crippen LogP contribution in [0.5, 0.6) is 0 Å². The zero-order chi connectivity index (χ0) is 13.9. The van der Waals surface area contributed by atoms with Crippen molar-refractivity contribution in [1.29, 1.82) is 0 Å². The van der Waals surface area contributed by atoms with Gasteiger partial charge in [-0.3, -0.25) is 10.1 Å². The van der Waals surface area contributed by atoms with Crippen LogP contribution in [0.15, 0.2) is 12.1 Å². The van der Waals surface area contributed by atoms with Gasteiger partial charge >= 0.3 is 0 Å². The molecule has 1 atom stereocenters. The van der Waals surface area contributed by atoms with Crippen LogP contribution < -0.4 is 5.32 Å². The van der Waals surface area contributed by atoms with Gasteiger partial charge in [-0.25, -0.2) is 4.39 Å². The Hall–Kier alpha value is -1.65. The Morgan fingerprint density at radius 3 is 2.50 bits per heavy atom. The van der Waals surface area contributed by atoms with Crippen molar-refractivity contribution in [2.24, 2.45) is 5.92 Å². The molecule has 0 amide bonds. The number of halogens is 1. The Bertz CT molecular complexity index is 447. The third-order valence-corrected chi connectivity index (χ3v) is 2.70. The van der Waals surface area contributed by atoms with Gasteiger partial charge in [-0.15, -0.1) is 0 Å². The van der Waals surface area contributed by atoms with Crippen molar-refractivity contribution in [3.63, 3.8) is 0 Å². The smallest absolute Gasteiger partial charge is 0.295 e. The summed E-state index contributed by atoms with van der Waals surface area (Å²) in [6.45, 7) is 7.73. The summed E-state index contributed by atoms with van der Waals surface area (Å²) in [4.78, 5) is 10.3. The monoisotopic (exact) mass is 254 g/mol. The molecule has 1 aromatic carbocycles. The largest absolute Gasteiger partial charge is 0.377 e. The Kier molecular flexibility index (Phi) is 4.64. The van der Waals surface area contributed by atoms with E-state index in [1.807, 2.05) is 6.92 Å². The van der Waals surface area contributed by atoms with E-state index in [4.69, 9.17) is 0 Å². The van der Waals surface area contributed by atoms with Gasteiger partial charge in [-0.1, -0.05) is 13.8 Å². The number of aryl methyl sites for hydroxylation is 1. The van der Waals surface area contributed by atoms with Gasteiger partial charge in [0, 0.05) is 6.04 Å². The maximum absolute atomic E-state index is 13.3. The van der Waals surface area contributed by atoms with E-state index >= 15 is 0 Å². The van der Waals surface area contributed by atoms with Gasteiger partial charge in [0.05, 0.1) is 11.0 Å². The van der Waals surface area contributed by atoms with Gasteiger partial charge in [0.1, 0.15) is 11.5 Å². The molecule has 5 heteroatoms. The lowest BCUT2D eigenvalue weighted by atomic mass is 10.0. The number of rotatable bonds is 5. The molecule has 1 rings (SSSR count). The number of benzene rings is 1. The summed E-state index contributed by atoms with van der Waals surface area (Å²) >= 11 is 0. The van der Waals surface area contributed by atoms with Crippen molar-refractivity contribution in [2.75, 3.05) is 5.32 Å². The predicted octanol–water partition coefficient (Wildman–Crippen LogP) is 3.89. The molecule has 1 N–H and O–H groups in total. The summed E-state index contributed by atoms with van der Waals surface area (Å²) in [7, 11) is 0. The fourth-order valence-electron chi connectivity index (χ4n) is 1.97. The van der Waals surface area contributed by atoms with E-state index in [2.05, 4.69) is 19.2 Å². The second-order valence-electron chi connectivity index (χ2n) is 5.05. The number of hydrogen-bond donors (Lipinski definition) is 1. The summed E-state index contributed by atoms with van der Waals surface area (Å²) in [5, 5.41) is 14.0. The topological polar surface area (TPSA) is 55.2 Å². The first-order valence-electron chi connectivity index (χ1n) is 6.02. The number of hydrogen-bond acceptors (Lipinski definition) is 3. The molecule has 1 aromatic rings. The standard InChI is InChI=1S/C13H19FN2O2/c1-8(2)5-10(4)15-12-6-9(3)11(14)7-13(12)16(17)18/h6-8,10,15H,5H2,1-4H3. The molecule has 0 radical (unpaired) electrons. The first-order valence-corrected chi connectivity index (χ1v) is 6.02. The zero-order valence-electron chi connectivity index (χ0n) is 11.2. The highest BCUT2D eigenvalue weighted by atomic mass is 19.1. The molecule has 18 heavy (non-hydrogen) atoms. The van der Waals surface area contributed by atoms with Crippen LogP contribution in [0.4, 0.5) is 15.8 Å². The highest BCUT2D eigenvalue weighted by molar-refractivity contribution is 5.63. The van der Waals surface area contributed by atoms with Gasteiger partial charge in [0.15, 0.2) is 0 Å². The number of nitro groups is 1. The predicted molar refractivity (Wildman–Crippen MR) is 70.3 cm³/mol. The fraction of sp³-hybridized carbons (Fsp3) is 0.538. The van der Waals surface area contributed by atoms with Crippen LogP contribution in [-0.2, 0) is 0 Å². The minimum absolute atomic E-state index is 0.105. The van der Waals surface area contributed by atoms with Gasteiger partial charge in [-0.2, -0.15) is 0 Å². The van der Waals surface area contributed by atoms with E-state index in [-0.39, 0.29) is 11.7 Å². The first-order chi connectivity index (χ1) is 8.31. The minimum atomic E-state index is -0.563. The number of anilines is 1. The third kappa shape index (κ3) is 3.68. The lowest BCUT2D eigenvalue weighted by Crippen LogP contribution is -2.18. The molecule has 1 unspecified atom stereocenters. The number of nitrogens with one attached hydrogen (secondary N) is 1. The molecule has 0 aliphatic heterocycles. The Morgan fingerprint density at radius 1 is 1.39 bits per heavy atom. The fourth-order valence-corrected chi connectivity index (χ4v) is 1.97. The van der Waals surface area contributed by atoms with Crippen molar-refractivity contribution in [3.05, 3.63) is 33.6 Å². The van der Waals surface area contributed by atoms with Gasteiger partial charge in [-0.05, 0) is 37.8 Å². The van der Waals surface area contributed by atoms with Crippen LogP contribution in [0.3, 0.4) is 0 Å². The van der Waals surface area contributed by atoms with Gasteiger partial charge in [0.25, 0.3) is 5.69 Å². The van der Waals surface area contributed by atoms with Crippen LogP contribution in [0, 0.1) is 28.8 Å². The summed E-state index contributed by atoms with van der Waals surface area (Å²) in [6, 6.07) is 2.57. The highest BCUT2D eigenvalue weighted by Crippen LogP contribution is 2.28. The minimum Gasteiger partial charge on any atom is -0.377 e. The van der Waals surface area contributed by atoms with Crippen LogP contribution in [-0.4, -0.2) is 11.0 Å². The zero-order valence-corrected chi connectivity index (χ0v) is 11.2. The Balaban J connectivity index is 3.00. The first kappa shape index (κ1) is 14.4. The molecule has 0 spiro atoms. The molecule has 0 bridgehead atoms. The van der Waals surface area contributed by atoms with Crippen molar-refractivity contribution in [3.8, 4) is 0 Å². The van der Waals surface area contributed by atoms with E-state index < -0.39 is 10.7 Å². The lowest BCUT2D eigenvalue weighted by Gasteiger charge is -2.17. The number of nitro benzene ring substituents is 1. The molecule has 0 aliphatic rings. The van der Waals surface area contributed by atoms with E-state index in [0.717, 1.165) is 12.5 Å². The normalized spacial score (nSPS) is 12.6. The van der Waals surface area contributed by atoms with Crippen LogP contribution in [0.2, 0.25) is 0 Å². The second kappa shape index (κ2) is 5.80. The average molecular weight is 254 g/mol. The van der Waals surface area contributed by atoms with Crippen molar-refractivity contribution >= 4 is 11.4 Å². The molecule has 0 saturated carbocycles. The molecule has 4 nitrogen and oxygen atoms in total. The third-order valence-electron chi connectivity index (χ3n) is 2.70. The Labute approximate surface area is 106 Å². The average Bonchev–Trinajstić information content (AvgIpc) is 2.21. The summed E-state index contributed by atoms with van der Waals surface area (Å²) in [6.07, 6.45) is 0.896. The van der Waals surface area contributed by atoms with Crippen molar-refractivity contribution in [1.82, 2.24) is 0 Å². The lowest BCUT2D eigenvalue weighted by molar-refractivity contribution is -0.384. The maximum Gasteiger partial charge on any atom is 0.295 e. The van der Waals surface area contributed by atoms with Crippen LogP contribution in [0.1, 0.15) is 32.8 Å². The Morgan fingerprint density at radius 2 is 2.00 bits per heavy atom. The van der Waals surface area contributed by atoms with E-state index in [9.17, 15) is 14.5 Å². The summed E-state index contributed by atoms with van der Waals surface area (Å²) in [5.41, 5.74) is 0.570. The summed E-state index contributed by atoms with van der Waals surface area (Å²) < 4.78 is 13.3. The summed E-state index contributed by atoms with van der Waals surface area (Å²) in [5.74, 6) is -0.0585. The number of nitrogens with zero attached hydrogens (tertiary/aromatic N) is 1. The molecular formula is C13H19FN2O2. The SMILES string of the molecule is Cc1cc(NC(C)CC(C)C)c([N+](=O)[O-])cc1F. The maximum atomic E-state index is 13.3. The molecule has 0 aliphatic carbocycles. The van der Waals surface area contributed by atoms with Crippen LogP contribution in [0.25, 0.3) is 0 Å². The molecular weight excluding hydrogens is 235 g/mol. The van der Waals surface area contributed by atoms with Gasteiger partial charge in [0.2, 0.25) is 0 Å². The molecule has 0 fully saturated rings. The molecule has 0 saturated heterocycles. The second-order valence-corrected chi connectivity index (χ2v) is 5.05.